The average molecular weight is 512 g/mol. The first-order valence-electron chi connectivity index (χ1n) is 10.5. The third-order valence-electron chi connectivity index (χ3n) is 5.39. The number of ether oxygens (including phenoxy) is 1. The molecule has 0 atom stereocenters. The van der Waals surface area contributed by atoms with Crippen molar-refractivity contribution in [1.29, 1.82) is 0 Å². The third kappa shape index (κ3) is 6.23. The van der Waals surface area contributed by atoms with Crippen molar-refractivity contribution >= 4 is 54.8 Å². The van der Waals surface area contributed by atoms with E-state index in [4.69, 9.17) is 4.74 Å². The van der Waals surface area contributed by atoms with Crippen LogP contribution in [0.4, 0.5) is 5.13 Å². The monoisotopic (exact) mass is 511 g/mol. The fourth-order valence-corrected chi connectivity index (χ4v) is 5.75. The highest BCUT2D eigenvalue weighted by atomic mass is 35.5. The minimum absolute atomic E-state index is 0. The van der Waals surface area contributed by atoms with Gasteiger partial charge in [-0.05, 0) is 43.8 Å². The predicted octanol–water partition coefficient (Wildman–Crippen LogP) is 4.18. The number of halogens is 1. The number of thiazole rings is 1. The highest BCUT2D eigenvalue weighted by Crippen LogP contribution is 2.36. The maximum atomic E-state index is 13.3. The molecule has 0 saturated carbocycles. The maximum Gasteiger partial charge on any atom is 0.244 e. The zero-order valence-corrected chi connectivity index (χ0v) is 21.7. The second-order valence-corrected chi connectivity index (χ2v) is 10.4. The van der Waals surface area contributed by atoms with E-state index in [0.717, 1.165) is 23.4 Å². The standard InChI is InChI=1S/C23H29N3O4S2.ClH/c1-5-25(6-2)14-15-26(20(27)16-32(28,29)18-10-8-7-9-11-18)23-24-21-19(30-4)13-12-17(3)22(21)31-23;/h7-13H,5-6,14-16H2,1-4H3;1H. The zero-order chi connectivity index (χ0) is 23.3. The van der Waals surface area contributed by atoms with Crippen LogP contribution in [0, 0.1) is 6.92 Å². The number of rotatable bonds is 10. The molecule has 0 fully saturated rings. The van der Waals surface area contributed by atoms with E-state index in [-0.39, 0.29) is 17.3 Å². The first-order chi connectivity index (χ1) is 15.3. The average Bonchev–Trinajstić information content (AvgIpc) is 3.23. The van der Waals surface area contributed by atoms with E-state index in [1.54, 1.807) is 25.3 Å². The molecule has 0 aliphatic heterocycles. The molecule has 7 nitrogen and oxygen atoms in total. The fourth-order valence-electron chi connectivity index (χ4n) is 3.44. The van der Waals surface area contributed by atoms with E-state index in [1.807, 2.05) is 19.1 Å². The van der Waals surface area contributed by atoms with Crippen molar-refractivity contribution < 1.29 is 17.9 Å². The number of amides is 1. The lowest BCUT2D eigenvalue weighted by molar-refractivity contribution is -0.116. The SMILES string of the molecule is CCN(CC)CCN(C(=O)CS(=O)(=O)c1ccccc1)c1nc2c(OC)ccc(C)c2s1.Cl. The van der Waals surface area contributed by atoms with Crippen molar-refractivity contribution in [3.8, 4) is 5.75 Å². The van der Waals surface area contributed by atoms with Crippen LogP contribution in [0.15, 0.2) is 47.4 Å². The number of aromatic nitrogens is 1. The summed E-state index contributed by atoms with van der Waals surface area (Å²) in [5.41, 5.74) is 1.71. The van der Waals surface area contributed by atoms with Gasteiger partial charge in [-0.2, -0.15) is 0 Å². The van der Waals surface area contributed by atoms with E-state index < -0.39 is 21.5 Å². The highest BCUT2D eigenvalue weighted by Gasteiger charge is 2.27. The number of fused-ring (bicyclic) bond motifs is 1. The van der Waals surface area contributed by atoms with Gasteiger partial charge < -0.3 is 9.64 Å². The third-order valence-corrected chi connectivity index (χ3v) is 8.23. The van der Waals surface area contributed by atoms with Crippen molar-refractivity contribution in [2.45, 2.75) is 25.7 Å². The Morgan fingerprint density at radius 3 is 2.33 bits per heavy atom. The number of carbonyl (C=O) groups excluding carboxylic acids is 1. The van der Waals surface area contributed by atoms with Gasteiger partial charge in [0.15, 0.2) is 15.0 Å². The maximum absolute atomic E-state index is 13.3. The molecule has 0 bridgehead atoms. The van der Waals surface area contributed by atoms with E-state index in [2.05, 4.69) is 23.7 Å². The lowest BCUT2D eigenvalue weighted by Crippen LogP contribution is -2.41. The summed E-state index contributed by atoms with van der Waals surface area (Å²) in [5, 5.41) is 0.480. The molecule has 0 saturated heterocycles. The van der Waals surface area contributed by atoms with E-state index >= 15 is 0 Å². The molecule has 1 aromatic heterocycles. The van der Waals surface area contributed by atoms with Gasteiger partial charge in [-0.25, -0.2) is 13.4 Å². The fraction of sp³-hybridized carbons (Fsp3) is 0.391. The van der Waals surface area contributed by atoms with Gasteiger partial charge in [0.05, 0.1) is 16.7 Å². The van der Waals surface area contributed by atoms with E-state index in [0.29, 0.717) is 29.5 Å². The van der Waals surface area contributed by atoms with Crippen LogP contribution in [0.1, 0.15) is 19.4 Å². The molecule has 2 aromatic carbocycles. The molecule has 10 heteroatoms. The van der Waals surface area contributed by atoms with Crippen LogP contribution in [0.25, 0.3) is 10.2 Å². The summed E-state index contributed by atoms with van der Waals surface area (Å²) in [5.74, 6) is -0.473. The molecule has 180 valence electrons. The number of hydrogen-bond donors (Lipinski definition) is 0. The van der Waals surface area contributed by atoms with Gasteiger partial charge in [-0.3, -0.25) is 9.69 Å². The Hall–Kier alpha value is -2.20. The van der Waals surface area contributed by atoms with Crippen LogP contribution in [0.2, 0.25) is 0 Å². The van der Waals surface area contributed by atoms with Gasteiger partial charge in [0.1, 0.15) is 17.0 Å². The predicted molar refractivity (Wildman–Crippen MR) is 137 cm³/mol. The largest absolute Gasteiger partial charge is 0.494 e. The first kappa shape index (κ1) is 27.0. The number of sulfone groups is 1. The Morgan fingerprint density at radius 2 is 1.73 bits per heavy atom. The van der Waals surface area contributed by atoms with Crippen LogP contribution in [-0.2, 0) is 14.6 Å². The number of nitrogens with zero attached hydrogens (tertiary/aromatic N) is 3. The quantitative estimate of drug-likeness (QED) is 0.406. The lowest BCUT2D eigenvalue weighted by atomic mass is 10.2. The molecular weight excluding hydrogens is 482 g/mol. The number of benzene rings is 2. The number of hydrogen-bond acceptors (Lipinski definition) is 7. The molecule has 0 aliphatic rings. The molecule has 3 rings (SSSR count). The summed E-state index contributed by atoms with van der Waals surface area (Å²) in [4.78, 5) is 21.8. The van der Waals surface area contributed by atoms with Crippen molar-refractivity contribution in [3.63, 3.8) is 0 Å². The minimum atomic E-state index is -3.77. The number of methoxy groups -OCH3 is 1. The molecule has 0 N–H and O–H groups in total. The van der Waals surface area contributed by atoms with Crippen molar-refractivity contribution in [2.75, 3.05) is 43.9 Å². The number of anilines is 1. The zero-order valence-electron chi connectivity index (χ0n) is 19.3. The summed E-state index contributed by atoms with van der Waals surface area (Å²) in [6.45, 7) is 8.75. The van der Waals surface area contributed by atoms with E-state index in [1.165, 1.54) is 28.4 Å². The molecule has 0 unspecified atom stereocenters. The highest BCUT2D eigenvalue weighted by molar-refractivity contribution is 7.92. The minimum Gasteiger partial charge on any atom is -0.494 e. The van der Waals surface area contributed by atoms with Gasteiger partial charge in [0, 0.05) is 13.1 Å². The number of aryl methyl sites for hydroxylation is 1. The Kier molecular flexibility index (Phi) is 9.66. The summed E-state index contributed by atoms with van der Waals surface area (Å²) in [6.07, 6.45) is 0. The van der Waals surface area contributed by atoms with Crippen LogP contribution in [-0.4, -0.2) is 63.3 Å². The van der Waals surface area contributed by atoms with Crippen molar-refractivity contribution in [1.82, 2.24) is 9.88 Å². The smallest absolute Gasteiger partial charge is 0.244 e. The van der Waals surface area contributed by atoms with Crippen LogP contribution in [0.3, 0.4) is 0 Å². The summed E-state index contributed by atoms with van der Waals surface area (Å²) in [7, 11) is -2.18. The Labute approximate surface area is 205 Å². The van der Waals surface area contributed by atoms with Gasteiger partial charge >= 0.3 is 0 Å². The van der Waals surface area contributed by atoms with Gasteiger partial charge in [-0.1, -0.05) is 49.4 Å². The first-order valence-corrected chi connectivity index (χ1v) is 13.0. The molecule has 0 radical (unpaired) electrons. The second kappa shape index (κ2) is 11.8. The molecule has 3 aromatic rings. The van der Waals surface area contributed by atoms with Crippen molar-refractivity contribution in [3.05, 3.63) is 48.0 Å². The molecule has 33 heavy (non-hydrogen) atoms. The Balaban J connectivity index is 0.00000385. The number of carbonyl (C=O) groups is 1. The van der Waals surface area contributed by atoms with Crippen LogP contribution >= 0.6 is 23.7 Å². The Morgan fingerprint density at radius 1 is 1.06 bits per heavy atom. The van der Waals surface area contributed by atoms with Crippen LogP contribution < -0.4 is 9.64 Å². The topological polar surface area (TPSA) is 79.8 Å². The molecule has 1 heterocycles. The van der Waals surface area contributed by atoms with Gasteiger partial charge in [-0.15, -0.1) is 12.4 Å². The van der Waals surface area contributed by atoms with Gasteiger partial charge in [0.2, 0.25) is 5.91 Å². The lowest BCUT2D eigenvalue weighted by Gasteiger charge is -2.24. The number of likely N-dealkylation sites (N-methyl/N-ethyl adjacent to an activating group) is 1. The van der Waals surface area contributed by atoms with Crippen molar-refractivity contribution in [2.24, 2.45) is 0 Å². The van der Waals surface area contributed by atoms with E-state index in [9.17, 15) is 13.2 Å². The molecular formula is C23H30ClN3O4S2. The molecule has 1 amide bonds. The van der Waals surface area contributed by atoms with Crippen LogP contribution in [0.5, 0.6) is 5.75 Å². The summed E-state index contributed by atoms with van der Waals surface area (Å²) in [6, 6.07) is 11.9. The molecule has 0 aliphatic carbocycles. The summed E-state index contributed by atoms with van der Waals surface area (Å²) >= 11 is 1.38. The second-order valence-electron chi connectivity index (χ2n) is 7.40. The van der Waals surface area contributed by atoms with Gasteiger partial charge in [0.25, 0.3) is 0 Å². The Bertz CT molecular complexity index is 1180. The normalized spacial score (nSPS) is 11.4. The molecule has 0 spiro atoms. The summed E-state index contributed by atoms with van der Waals surface area (Å²) < 4.78 is 32.1.